The maximum absolute atomic E-state index is 14.8. The molecule has 1 aromatic carbocycles. The van der Waals surface area contributed by atoms with Gasteiger partial charge in [-0.15, -0.1) is 0 Å². The van der Waals surface area contributed by atoms with Crippen molar-refractivity contribution in [1.29, 1.82) is 0 Å². The quantitative estimate of drug-likeness (QED) is 0.281. The van der Waals surface area contributed by atoms with Crippen LogP contribution in [0.25, 0.3) is 33.4 Å². The van der Waals surface area contributed by atoms with Crippen molar-refractivity contribution in [2.45, 2.75) is 39.3 Å². The molecule has 12 nitrogen and oxygen atoms in total. The number of hydrogen-bond donors (Lipinski definition) is 3. The molecule has 3 N–H and O–H groups in total. The summed E-state index contributed by atoms with van der Waals surface area (Å²) in [5.74, 6) is 0.416. The number of pyridine rings is 1. The summed E-state index contributed by atoms with van der Waals surface area (Å²) in [7, 11) is 2.04. The van der Waals surface area contributed by atoms with E-state index in [4.69, 9.17) is 4.74 Å². The fraction of sp³-hybridized carbons (Fsp3) is 0.379. The Balaban J connectivity index is 1.35. The first-order chi connectivity index (χ1) is 20.4. The predicted molar refractivity (Wildman–Crippen MR) is 156 cm³/mol. The van der Waals surface area contributed by atoms with E-state index in [9.17, 15) is 14.0 Å². The van der Waals surface area contributed by atoms with Gasteiger partial charge in [0.2, 0.25) is 5.95 Å². The smallest absolute Gasteiger partial charge is 0.409 e. The van der Waals surface area contributed by atoms with E-state index >= 15 is 0 Å². The zero-order valence-corrected chi connectivity index (χ0v) is 23.9. The minimum atomic E-state index is -0.480. The summed E-state index contributed by atoms with van der Waals surface area (Å²) in [6, 6.07) is 6.42. The van der Waals surface area contributed by atoms with Gasteiger partial charge in [-0.3, -0.25) is 15.2 Å². The van der Waals surface area contributed by atoms with Crippen molar-refractivity contribution in [3.8, 4) is 22.4 Å². The van der Waals surface area contributed by atoms with Gasteiger partial charge >= 0.3 is 12.1 Å². The van der Waals surface area contributed by atoms with Crippen LogP contribution in [-0.4, -0.2) is 86.2 Å². The number of amides is 3. The molecule has 42 heavy (non-hydrogen) atoms. The fourth-order valence-electron chi connectivity index (χ4n) is 5.06. The van der Waals surface area contributed by atoms with Crippen LogP contribution < -0.4 is 10.6 Å². The molecule has 220 valence electrons. The Hall–Kier alpha value is -4.65. The number of nitrogens with one attached hydrogen (secondary N) is 3. The van der Waals surface area contributed by atoms with E-state index in [0.717, 1.165) is 24.0 Å². The third-order valence-electron chi connectivity index (χ3n) is 7.22. The summed E-state index contributed by atoms with van der Waals surface area (Å²) in [5, 5.41) is 5.32. The number of halogens is 1. The predicted octanol–water partition coefficient (Wildman–Crippen LogP) is 4.42. The summed E-state index contributed by atoms with van der Waals surface area (Å²) >= 11 is 0. The first-order valence-corrected chi connectivity index (χ1v) is 14.0. The van der Waals surface area contributed by atoms with Crippen molar-refractivity contribution < 1.29 is 18.7 Å². The van der Waals surface area contributed by atoms with Gasteiger partial charge in [0.25, 0.3) is 0 Å². The molecular formula is C29H34FN9O3. The lowest BCUT2D eigenvalue weighted by Crippen LogP contribution is -2.45. The molecule has 0 unspecified atom stereocenters. The van der Waals surface area contributed by atoms with E-state index in [1.165, 1.54) is 18.3 Å². The van der Waals surface area contributed by atoms with Gasteiger partial charge < -0.3 is 19.9 Å². The minimum Gasteiger partial charge on any atom is -0.450 e. The molecule has 1 saturated heterocycles. The number of nitrogens with zero attached hydrogens (tertiary/aromatic N) is 6. The number of ether oxygens (including phenoxy) is 1. The number of urea groups is 1. The van der Waals surface area contributed by atoms with Gasteiger partial charge in [-0.05, 0) is 63.6 Å². The Morgan fingerprint density at radius 2 is 1.90 bits per heavy atom. The van der Waals surface area contributed by atoms with Crippen LogP contribution in [0.1, 0.15) is 32.5 Å². The van der Waals surface area contributed by atoms with Gasteiger partial charge in [0, 0.05) is 55.4 Å². The van der Waals surface area contributed by atoms with Crippen molar-refractivity contribution in [2.24, 2.45) is 0 Å². The molecule has 0 spiro atoms. The summed E-state index contributed by atoms with van der Waals surface area (Å²) < 4.78 is 20.0. The van der Waals surface area contributed by atoms with Crippen molar-refractivity contribution in [3.05, 3.63) is 54.5 Å². The number of fused-ring (bicyclic) bond motifs is 1. The zero-order chi connectivity index (χ0) is 29.6. The molecule has 0 radical (unpaired) electrons. The van der Waals surface area contributed by atoms with Gasteiger partial charge in [-0.2, -0.15) is 0 Å². The van der Waals surface area contributed by atoms with E-state index in [0.29, 0.717) is 61.2 Å². The minimum absolute atomic E-state index is 0.158. The molecule has 1 aliphatic rings. The fourth-order valence-corrected chi connectivity index (χ4v) is 5.06. The Labute approximate surface area is 242 Å². The maximum Gasteiger partial charge on any atom is 0.409 e. The van der Waals surface area contributed by atoms with Crippen LogP contribution in [0.5, 0.6) is 0 Å². The normalized spacial score (nSPS) is 13.9. The Kier molecular flexibility index (Phi) is 8.86. The van der Waals surface area contributed by atoms with Crippen LogP contribution in [0.15, 0.2) is 42.9 Å². The van der Waals surface area contributed by atoms with E-state index in [-0.39, 0.29) is 17.7 Å². The average Bonchev–Trinajstić information content (AvgIpc) is 3.40. The number of benzene rings is 1. The second kappa shape index (κ2) is 12.9. The summed E-state index contributed by atoms with van der Waals surface area (Å²) in [5.41, 5.74) is 3.17. The molecule has 0 atom stereocenters. The van der Waals surface area contributed by atoms with E-state index in [2.05, 4.69) is 40.5 Å². The summed E-state index contributed by atoms with van der Waals surface area (Å²) in [6.45, 7) is 6.32. The SMILES string of the molecule is CCNC(=O)Nc1nc2cc(-c3cnc(CN(C)C4CCN(C(=O)OCC)CC4)nc3)cc(-c3ncccc3F)c2[nH]1. The first kappa shape index (κ1) is 28.9. The number of likely N-dealkylation sites (tertiary alicyclic amines) is 1. The topological polar surface area (TPSA) is 141 Å². The molecule has 3 aromatic heterocycles. The molecule has 5 rings (SSSR count). The van der Waals surface area contributed by atoms with Gasteiger partial charge in [0.1, 0.15) is 17.3 Å². The molecule has 0 aliphatic carbocycles. The maximum atomic E-state index is 14.8. The van der Waals surface area contributed by atoms with E-state index < -0.39 is 11.8 Å². The van der Waals surface area contributed by atoms with E-state index in [1.54, 1.807) is 17.3 Å². The van der Waals surface area contributed by atoms with E-state index in [1.807, 2.05) is 33.0 Å². The lowest BCUT2D eigenvalue weighted by Gasteiger charge is -2.35. The third kappa shape index (κ3) is 6.46. The Bertz CT molecular complexity index is 1550. The number of piperidine rings is 1. The molecule has 4 aromatic rings. The molecule has 3 amide bonds. The second-order valence-corrected chi connectivity index (χ2v) is 10.0. The molecular weight excluding hydrogens is 541 g/mol. The average molecular weight is 576 g/mol. The number of carbonyl (C=O) groups is 2. The van der Waals surface area contributed by atoms with Crippen LogP contribution in [0, 0.1) is 5.82 Å². The Morgan fingerprint density at radius 1 is 1.14 bits per heavy atom. The van der Waals surface area contributed by atoms with Crippen LogP contribution >= 0.6 is 0 Å². The molecule has 1 aliphatic heterocycles. The molecule has 4 heterocycles. The summed E-state index contributed by atoms with van der Waals surface area (Å²) in [6.07, 6.45) is 6.44. The lowest BCUT2D eigenvalue weighted by molar-refractivity contribution is 0.0788. The first-order valence-electron chi connectivity index (χ1n) is 14.0. The van der Waals surface area contributed by atoms with Gasteiger partial charge in [-0.25, -0.2) is 28.9 Å². The highest BCUT2D eigenvalue weighted by atomic mass is 19.1. The molecule has 1 fully saturated rings. The second-order valence-electron chi connectivity index (χ2n) is 10.0. The monoisotopic (exact) mass is 575 g/mol. The van der Waals surface area contributed by atoms with Gasteiger partial charge in [0.05, 0.1) is 24.2 Å². The van der Waals surface area contributed by atoms with Crippen molar-refractivity contribution >= 4 is 29.1 Å². The number of aromatic nitrogens is 5. The summed E-state index contributed by atoms with van der Waals surface area (Å²) in [4.78, 5) is 49.1. The number of imidazole rings is 1. The number of anilines is 1. The molecule has 0 bridgehead atoms. The highest BCUT2D eigenvalue weighted by molar-refractivity contribution is 5.98. The van der Waals surface area contributed by atoms with Crippen LogP contribution in [0.4, 0.5) is 19.9 Å². The van der Waals surface area contributed by atoms with Crippen molar-refractivity contribution in [3.63, 3.8) is 0 Å². The van der Waals surface area contributed by atoms with Crippen LogP contribution in [-0.2, 0) is 11.3 Å². The van der Waals surface area contributed by atoms with Crippen molar-refractivity contribution in [2.75, 3.05) is 38.6 Å². The molecule has 13 heteroatoms. The van der Waals surface area contributed by atoms with Gasteiger partial charge in [-0.1, -0.05) is 0 Å². The Morgan fingerprint density at radius 3 is 2.60 bits per heavy atom. The number of aromatic amines is 1. The van der Waals surface area contributed by atoms with Crippen LogP contribution in [0.3, 0.4) is 0 Å². The van der Waals surface area contributed by atoms with Crippen LogP contribution in [0.2, 0.25) is 0 Å². The number of rotatable bonds is 8. The zero-order valence-electron chi connectivity index (χ0n) is 23.9. The third-order valence-corrected chi connectivity index (χ3v) is 7.22. The van der Waals surface area contributed by atoms with Crippen molar-refractivity contribution in [1.82, 2.24) is 40.0 Å². The standard InChI is InChI=1S/C29H34FN9O3/c1-4-31-28(40)37-27-35-23-14-18(13-21(26(23)36-27)25-22(30)7-6-10-32-25)19-15-33-24(34-16-19)17-38(3)20-8-11-39(12-9-20)29(41)42-5-2/h6-7,10,13-16,20H,4-5,8-9,11-12,17H2,1-3H3,(H3,31,35,36,37,40). The highest BCUT2D eigenvalue weighted by Crippen LogP contribution is 2.34. The largest absolute Gasteiger partial charge is 0.450 e. The highest BCUT2D eigenvalue weighted by Gasteiger charge is 2.26. The van der Waals surface area contributed by atoms with Gasteiger partial charge in [0.15, 0.2) is 0 Å². The number of carbonyl (C=O) groups excluding carboxylic acids is 2. The molecule has 0 saturated carbocycles. The lowest BCUT2D eigenvalue weighted by atomic mass is 10.0. The number of H-pyrrole nitrogens is 1. The number of hydrogen-bond acceptors (Lipinski definition) is 8.